The topological polar surface area (TPSA) is 64.7 Å². The molecule has 6 nitrogen and oxygen atoms in total. The van der Waals surface area contributed by atoms with Crippen molar-refractivity contribution in [2.45, 2.75) is 56.7 Å². The molecule has 2 aliphatic rings. The number of likely N-dealkylation sites (tertiary alicyclic amines) is 1. The van der Waals surface area contributed by atoms with Crippen LogP contribution >= 0.6 is 0 Å². The molecule has 2 fully saturated rings. The van der Waals surface area contributed by atoms with E-state index in [-0.39, 0.29) is 11.8 Å². The number of hydrogen-bond acceptors (Lipinski definition) is 4. The third-order valence-corrected chi connectivity index (χ3v) is 6.63. The number of benzene rings is 2. The van der Waals surface area contributed by atoms with Gasteiger partial charge in [-0.3, -0.25) is 20.4 Å². The molecule has 2 amide bonds. The maximum atomic E-state index is 13.5. The van der Waals surface area contributed by atoms with Crippen LogP contribution in [0.5, 0.6) is 0 Å². The quantitative estimate of drug-likeness (QED) is 0.667. The van der Waals surface area contributed by atoms with Crippen molar-refractivity contribution in [3.8, 4) is 0 Å². The van der Waals surface area contributed by atoms with Gasteiger partial charge in [0.15, 0.2) is 0 Å². The minimum atomic E-state index is -0.525. The van der Waals surface area contributed by atoms with Crippen molar-refractivity contribution in [3.05, 3.63) is 71.8 Å². The van der Waals surface area contributed by atoms with Crippen LogP contribution in [-0.4, -0.2) is 47.8 Å². The number of nitrogens with zero attached hydrogens (tertiary/aromatic N) is 2. The van der Waals surface area contributed by atoms with Gasteiger partial charge in [0, 0.05) is 38.6 Å². The fraction of sp³-hybridized carbons (Fsp3) is 0.462. The highest BCUT2D eigenvalue weighted by Crippen LogP contribution is 2.28. The average Bonchev–Trinajstić information content (AvgIpc) is 3.30. The highest BCUT2D eigenvalue weighted by atomic mass is 16.2. The smallest absolute Gasteiger partial charge is 0.249 e. The van der Waals surface area contributed by atoms with E-state index in [1.807, 2.05) is 43.4 Å². The Hall–Kier alpha value is -2.70. The minimum Gasteiger partial charge on any atom is -0.344 e. The first-order valence-corrected chi connectivity index (χ1v) is 11.8. The lowest BCUT2D eigenvalue weighted by Gasteiger charge is -2.36. The molecule has 2 N–H and O–H groups in total. The van der Waals surface area contributed by atoms with E-state index in [1.54, 1.807) is 9.80 Å². The summed E-state index contributed by atoms with van der Waals surface area (Å²) in [5.41, 5.74) is 9.00. The molecule has 0 aliphatic carbocycles. The van der Waals surface area contributed by atoms with Crippen molar-refractivity contribution >= 4 is 11.8 Å². The number of hydrazine groups is 1. The lowest BCUT2D eigenvalue weighted by Crippen LogP contribution is -2.46. The molecular formula is C26H34N4O2. The van der Waals surface area contributed by atoms with Crippen LogP contribution in [-0.2, 0) is 9.59 Å². The maximum Gasteiger partial charge on any atom is 0.249 e. The summed E-state index contributed by atoms with van der Waals surface area (Å²) in [6.07, 6.45) is 5.34. The van der Waals surface area contributed by atoms with Gasteiger partial charge in [-0.25, -0.2) is 0 Å². The molecule has 0 radical (unpaired) electrons. The van der Waals surface area contributed by atoms with Crippen LogP contribution in [0.15, 0.2) is 60.7 Å². The zero-order chi connectivity index (χ0) is 22.3. The van der Waals surface area contributed by atoms with Crippen LogP contribution in [0.1, 0.15) is 61.7 Å². The van der Waals surface area contributed by atoms with Crippen LogP contribution in [0.4, 0.5) is 0 Å². The largest absolute Gasteiger partial charge is 0.344 e. The second kappa shape index (κ2) is 10.7. The molecule has 170 valence electrons. The summed E-state index contributed by atoms with van der Waals surface area (Å²) in [6, 6.07) is 20.4. The molecule has 3 unspecified atom stereocenters. The van der Waals surface area contributed by atoms with Gasteiger partial charge in [0.1, 0.15) is 6.04 Å². The summed E-state index contributed by atoms with van der Waals surface area (Å²) < 4.78 is 0. The van der Waals surface area contributed by atoms with E-state index >= 15 is 0 Å². The molecule has 2 aromatic rings. The second-order valence-corrected chi connectivity index (χ2v) is 8.94. The lowest BCUT2D eigenvalue weighted by atomic mass is 9.99. The van der Waals surface area contributed by atoms with Gasteiger partial charge >= 0.3 is 0 Å². The average molecular weight is 435 g/mol. The number of piperidine rings is 1. The summed E-state index contributed by atoms with van der Waals surface area (Å²) in [5.74, 6) is 0.0890. The predicted octanol–water partition coefficient (Wildman–Crippen LogP) is 3.59. The van der Waals surface area contributed by atoms with Crippen LogP contribution in [0, 0.1) is 0 Å². The van der Waals surface area contributed by atoms with Crippen molar-refractivity contribution in [1.29, 1.82) is 0 Å². The molecule has 3 atom stereocenters. The zero-order valence-corrected chi connectivity index (χ0v) is 18.9. The van der Waals surface area contributed by atoms with Gasteiger partial charge in [0.2, 0.25) is 11.8 Å². The first-order valence-electron chi connectivity index (χ1n) is 11.8. The van der Waals surface area contributed by atoms with E-state index in [2.05, 4.69) is 35.1 Å². The summed E-state index contributed by atoms with van der Waals surface area (Å²) in [7, 11) is 1.86. The highest BCUT2D eigenvalue weighted by molar-refractivity contribution is 5.89. The molecule has 2 aliphatic heterocycles. The Labute approximate surface area is 190 Å². The lowest BCUT2D eigenvalue weighted by molar-refractivity contribution is -0.147. The number of hydrogen-bond donors (Lipinski definition) is 2. The summed E-state index contributed by atoms with van der Waals surface area (Å²) in [4.78, 5) is 29.7. The van der Waals surface area contributed by atoms with Crippen LogP contribution in [0.25, 0.3) is 0 Å². The third kappa shape index (κ3) is 5.37. The van der Waals surface area contributed by atoms with Gasteiger partial charge in [0.25, 0.3) is 0 Å². The molecule has 4 rings (SSSR count). The Morgan fingerprint density at radius 2 is 1.78 bits per heavy atom. The number of carbonyl (C=O) groups is 2. The third-order valence-electron chi connectivity index (χ3n) is 6.63. The molecule has 0 bridgehead atoms. The molecule has 32 heavy (non-hydrogen) atoms. The SMILES string of the molecule is CN(CCCC1CC(c2ccccc2)NN1)C(=O)C(c1ccccc1)N1CCCCC1=O. The maximum absolute atomic E-state index is 13.5. The molecule has 0 aromatic heterocycles. The van der Waals surface area contributed by atoms with Crippen molar-refractivity contribution in [3.63, 3.8) is 0 Å². The Kier molecular flexibility index (Phi) is 7.55. The van der Waals surface area contributed by atoms with Crippen molar-refractivity contribution in [1.82, 2.24) is 20.7 Å². The molecule has 2 heterocycles. The van der Waals surface area contributed by atoms with E-state index in [0.717, 1.165) is 37.7 Å². The highest BCUT2D eigenvalue weighted by Gasteiger charge is 2.34. The standard InChI is InChI=1S/C26H34N4O2/c1-29(17-10-15-22-19-23(28-27-22)20-11-4-2-5-12-20)26(32)25(21-13-6-3-7-14-21)30-18-9-8-16-24(30)31/h2-7,11-14,22-23,25,27-28H,8-10,15-19H2,1H3. The van der Waals surface area contributed by atoms with Crippen LogP contribution < -0.4 is 10.9 Å². The van der Waals surface area contributed by atoms with E-state index in [9.17, 15) is 9.59 Å². The summed E-state index contributed by atoms with van der Waals surface area (Å²) in [6.45, 7) is 1.33. The Morgan fingerprint density at radius 1 is 1.06 bits per heavy atom. The molecule has 0 spiro atoms. The molecular weight excluding hydrogens is 400 g/mol. The van der Waals surface area contributed by atoms with E-state index in [4.69, 9.17) is 0 Å². The number of amides is 2. The zero-order valence-electron chi connectivity index (χ0n) is 18.9. The van der Waals surface area contributed by atoms with E-state index < -0.39 is 6.04 Å². The number of rotatable bonds is 8. The predicted molar refractivity (Wildman–Crippen MR) is 125 cm³/mol. The van der Waals surface area contributed by atoms with E-state index in [1.165, 1.54) is 5.56 Å². The Bertz CT molecular complexity index is 889. The first-order chi connectivity index (χ1) is 15.6. The fourth-order valence-electron chi connectivity index (χ4n) is 4.80. The van der Waals surface area contributed by atoms with Gasteiger partial charge < -0.3 is 9.80 Å². The van der Waals surface area contributed by atoms with Gasteiger partial charge in [-0.1, -0.05) is 60.7 Å². The number of carbonyl (C=O) groups excluding carboxylic acids is 2. The Morgan fingerprint density at radius 3 is 2.50 bits per heavy atom. The van der Waals surface area contributed by atoms with Crippen molar-refractivity contribution < 1.29 is 9.59 Å². The van der Waals surface area contributed by atoms with Crippen molar-refractivity contribution in [2.24, 2.45) is 0 Å². The minimum absolute atomic E-state index is 0.00567. The summed E-state index contributed by atoms with van der Waals surface area (Å²) in [5, 5.41) is 0. The fourth-order valence-corrected chi connectivity index (χ4v) is 4.80. The van der Waals surface area contributed by atoms with E-state index in [0.29, 0.717) is 31.6 Å². The van der Waals surface area contributed by atoms with Crippen molar-refractivity contribution in [2.75, 3.05) is 20.1 Å². The first kappa shape index (κ1) is 22.5. The van der Waals surface area contributed by atoms with Crippen LogP contribution in [0.3, 0.4) is 0 Å². The molecule has 0 saturated carbocycles. The number of nitrogens with one attached hydrogen (secondary N) is 2. The van der Waals surface area contributed by atoms with Gasteiger partial charge in [0.05, 0.1) is 0 Å². The van der Waals surface area contributed by atoms with Gasteiger partial charge in [-0.2, -0.15) is 0 Å². The Balaban J connectivity index is 1.33. The molecule has 6 heteroatoms. The summed E-state index contributed by atoms with van der Waals surface area (Å²) >= 11 is 0. The number of likely N-dealkylation sites (N-methyl/N-ethyl adjacent to an activating group) is 1. The monoisotopic (exact) mass is 434 g/mol. The molecule has 2 saturated heterocycles. The molecule has 2 aromatic carbocycles. The van der Waals surface area contributed by atoms with Crippen LogP contribution in [0.2, 0.25) is 0 Å². The van der Waals surface area contributed by atoms with Gasteiger partial charge in [-0.05, 0) is 43.2 Å². The normalized spacial score (nSPS) is 22.0. The van der Waals surface area contributed by atoms with Gasteiger partial charge in [-0.15, -0.1) is 0 Å². The second-order valence-electron chi connectivity index (χ2n) is 8.94.